The van der Waals surface area contributed by atoms with Crippen LogP contribution in [0.2, 0.25) is 0 Å². The number of halogens is 4. The average molecular weight is 595 g/mol. The summed E-state index contributed by atoms with van der Waals surface area (Å²) in [4.78, 5) is 19.4. The van der Waals surface area contributed by atoms with Crippen molar-refractivity contribution in [3.8, 4) is 0 Å². The topological polar surface area (TPSA) is 126 Å². The second-order valence-corrected chi connectivity index (χ2v) is 11.6. The number of Topliss-reactive ketones (excluding diaryl/α,β-unsaturated/α-hetero) is 1. The third-order valence-electron chi connectivity index (χ3n) is 3.84. The predicted molar refractivity (Wildman–Crippen MR) is 119 cm³/mol. The van der Waals surface area contributed by atoms with Crippen LogP contribution in [0.5, 0.6) is 0 Å². The number of ketones is 1. The quantitative estimate of drug-likeness (QED) is 0.116. The molecule has 1 atom stereocenters. The van der Waals surface area contributed by atoms with E-state index in [0.717, 1.165) is 8.28 Å². The number of imidazole rings is 1. The van der Waals surface area contributed by atoms with Gasteiger partial charge < -0.3 is 4.57 Å². The van der Waals surface area contributed by atoms with Crippen LogP contribution >= 0.6 is 57.4 Å². The molecule has 0 aromatic carbocycles. The van der Waals surface area contributed by atoms with Crippen molar-refractivity contribution in [2.75, 3.05) is 20.6 Å². The van der Waals surface area contributed by atoms with Crippen molar-refractivity contribution in [3.63, 3.8) is 0 Å². The summed E-state index contributed by atoms with van der Waals surface area (Å²) in [6.45, 7) is -0.0330. The van der Waals surface area contributed by atoms with E-state index in [1.54, 1.807) is 16.8 Å². The maximum Gasteiger partial charge on any atom is 0.308 e. The van der Waals surface area contributed by atoms with Gasteiger partial charge in [0.15, 0.2) is 0 Å². The molecular weight excluding hydrogens is 580 g/mol. The molecule has 15 heteroatoms. The van der Waals surface area contributed by atoms with Crippen LogP contribution in [0, 0.1) is 3.57 Å². The van der Waals surface area contributed by atoms with Crippen LogP contribution in [0.25, 0.3) is 10.4 Å². The van der Waals surface area contributed by atoms with E-state index < -0.39 is 25.8 Å². The first-order chi connectivity index (χ1) is 13.4. The van der Waals surface area contributed by atoms with Crippen LogP contribution in [0.1, 0.15) is 22.2 Å². The number of hydrogen-bond donors (Lipinski definition) is 0. The van der Waals surface area contributed by atoms with Gasteiger partial charge >= 0.3 is 10.2 Å². The summed E-state index contributed by atoms with van der Waals surface area (Å²) in [5.74, 6) is -0.739. The third kappa shape index (κ3) is 5.78. The molecule has 2 aromatic rings. The van der Waals surface area contributed by atoms with Gasteiger partial charge in [0.2, 0.25) is 5.78 Å². The number of carbonyl (C=O) groups is 1. The largest absolute Gasteiger partial charge is 0.340 e. The fraction of sp³-hybridized carbons (Fsp3) is 0.429. The second-order valence-electron chi connectivity index (χ2n) is 6.03. The lowest BCUT2D eigenvalue weighted by Gasteiger charge is -2.20. The Morgan fingerprint density at radius 3 is 2.62 bits per heavy atom. The summed E-state index contributed by atoms with van der Waals surface area (Å²) in [5.41, 5.74) is 9.25. The van der Waals surface area contributed by atoms with Gasteiger partial charge in [-0.15, -0.1) is 0 Å². The molecule has 2 heterocycles. The average Bonchev–Trinajstić information content (AvgIpc) is 3.23. The summed E-state index contributed by atoms with van der Waals surface area (Å²) in [6, 6.07) is 0.981. The van der Waals surface area contributed by atoms with E-state index >= 15 is 0 Å². The summed E-state index contributed by atoms with van der Waals surface area (Å²) in [5, 5.41) is 3.59. The van der Waals surface area contributed by atoms with Gasteiger partial charge in [-0.1, -0.05) is 39.9 Å². The Kier molecular flexibility index (Phi) is 7.87. The standard InChI is InChI=1S/C14H15Cl3IN7O3S/c1-23(2)29(27,28)24-7-10(20-8-24)4-11(5-21-22-19)25-6-9(18)3-12(25)13(26)14(15,16)17/h3,6-8,11H,4-5H2,1-2H3/t11-/m0/s1. The SMILES string of the molecule is CN(C)S(=O)(=O)n1cnc(C[C@@H](CN=[N+]=[N-])n2cc(I)cc2C(=O)C(Cl)(Cl)Cl)c1. The summed E-state index contributed by atoms with van der Waals surface area (Å²) >= 11 is 19.2. The number of azide groups is 1. The maximum atomic E-state index is 12.5. The van der Waals surface area contributed by atoms with Crippen molar-refractivity contribution in [2.24, 2.45) is 5.11 Å². The van der Waals surface area contributed by atoms with Crippen molar-refractivity contribution in [1.29, 1.82) is 0 Å². The Balaban J connectivity index is 2.44. The first-order valence-electron chi connectivity index (χ1n) is 7.83. The number of rotatable bonds is 8. The normalized spacial score (nSPS) is 13.3. The molecule has 0 bridgehead atoms. The van der Waals surface area contributed by atoms with E-state index in [-0.39, 0.29) is 18.7 Å². The van der Waals surface area contributed by atoms with Gasteiger partial charge in [-0.2, -0.15) is 12.7 Å². The Morgan fingerprint density at radius 1 is 1.41 bits per heavy atom. The molecule has 0 fully saturated rings. The molecule has 0 radical (unpaired) electrons. The number of aromatic nitrogens is 3. The zero-order valence-corrected chi connectivity index (χ0v) is 20.3. The van der Waals surface area contributed by atoms with Gasteiger partial charge in [0, 0.05) is 54.0 Å². The Morgan fingerprint density at radius 2 is 2.07 bits per heavy atom. The van der Waals surface area contributed by atoms with Crippen LogP contribution in [0.3, 0.4) is 0 Å². The van der Waals surface area contributed by atoms with Crippen molar-refractivity contribution in [1.82, 2.24) is 17.8 Å². The Hall–Kier alpha value is -1.02. The van der Waals surface area contributed by atoms with Crippen LogP contribution in [0.4, 0.5) is 0 Å². The predicted octanol–water partition coefficient (Wildman–Crippen LogP) is 3.59. The highest BCUT2D eigenvalue weighted by molar-refractivity contribution is 14.1. The molecule has 2 rings (SSSR count). The molecule has 0 amide bonds. The van der Waals surface area contributed by atoms with Gasteiger partial charge in [0.05, 0.1) is 11.4 Å². The lowest BCUT2D eigenvalue weighted by molar-refractivity contribution is 0.0985. The molecule has 29 heavy (non-hydrogen) atoms. The van der Waals surface area contributed by atoms with Crippen LogP contribution in [-0.4, -0.2) is 56.5 Å². The van der Waals surface area contributed by atoms with Gasteiger partial charge in [-0.3, -0.25) is 4.79 Å². The maximum absolute atomic E-state index is 12.5. The minimum Gasteiger partial charge on any atom is -0.340 e. The smallest absolute Gasteiger partial charge is 0.308 e. The Bertz CT molecular complexity index is 1050. The fourth-order valence-corrected chi connectivity index (χ4v) is 4.15. The molecule has 0 unspecified atom stereocenters. The van der Waals surface area contributed by atoms with Gasteiger partial charge in [-0.05, 0) is 34.2 Å². The highest BCUT2D eigenvalue weighted by atomic mass is 127. The molecule has 0 N–H and O–H groups in total. The molecule has 158 valence electrons. The molecule has 0 aliphatic rings. The lowest BCUT2D eigenvalue weighted by Crippen LogP contribution is -2.28. The molecule has 0 spiro atoms. The highest BCUT2D eigenvalue weighted by Crippen LogP contribution is 2.33. The lowest BCUT2D eigenvalue weighted by atomic mass is 10.1. The van der Waals surface area contributed by atoms with E-state index in [0.29, 0.717) is 9.26 Å². The number of alkyl halides is 3. The molecule has 0 aliphatic heterocycles. The van der Waals surface area contributed by atoms with Crippen molar-refractivity contribution >= 4 is 73.4 Å². The summed E-state index contributed by atoms with van der Waals surface area (Å²) < 4.78 is 26.5. The van der Waals surface area contributed by atoms with E-state index in [9.17, 15) is 13.2 Å². The Labute approximate surface area is 195 Å². The van der Waals surface area contributed by atoms with E-state index in [1.807, 2.05) is 22.6 Å². The zero-order chi connectivity index (χ0) is 22.0. The number of nitrogens with zero attached hydrogens (tertiary/aromatic N) is 7. The minimum absolute atomic E-state index is 0.0330. The second kappa shape index (κ2) is 9.41. The van der Waals surface area contributed by atoms with Gasteiger partial charge in [0.1, 0.15) is 6.33 Å². The molecular formula is C14H15Cl3IN7O3S. The van der Waals surface area contributed by atoms with Crippen molar-refractivity contribution < 1.29 is 13.2 Å². The minimum atomic E-state index is -3.72. The van der Waals surface area contributed by atoms with Gasteiger partial charge in [0.25, 0.3) is 3.79 Å². The van der Waals surface area contributed by atoms with Crippen LogP contribution in [0.15, 0.2) is 29.9 Å². The number of carbonyl (C=O) groups excluding carboxylic acids is 1. The van der Waals surface area contributed by atoms with Crippen LogP contribution < -0.4 is 0 Å². The van der Waals surface area contributed by atoms with Crippen molar-refractivity contribution in [2.45, 2.75) is 16.3 Å². The third-order valence-corrected chi connectivity index (χ3v) is 6.60. The summed E-state index contributed by atoms with van der Waals surface area (Å²) in [7, 11) is -0.922. The van der Waals surface area contributed by atoms with E-state index in [1.165, 1.54) is 26.6 Å². The molecule has 0 aliphatic carbocycles. The van der Waals surface area contributed by atoms with Crippen molar-refractivity contribution in [3.05, 3.63) is 50.2 Å². The van der Waals surface area contributed by atoms with Crippen LogP contribution in [-0.2, 0) is 16.6 Å². The summed E-state index contributed by atoms with van der Waals surface area (Å²) in [6.07, 6.45) is 4.33. The fourth-order valence-electron chi connectivity index (χ4n) is 2.46. The molecule has 10 nitrogen and oxygen atoms in total. The van der Waals surface area contributed by atoms with E-state index in [4.69, 9.17) is 40.3 Å². The first kappa shape index (κ1) is 24.3. The highest BCUT2D eigenvalue weighted by Gasteiger charge is 2.35. The first-order valence-corrected chi connectivity index (χ1v) is 11.4. The molecule has 0 saturated heterocycles. The molecule has 2 aromatic heterocycles. The number of hydrogen-bond acceptors (Lipinski definition) is 5. The zero-order valence-electron chi connectivity index (χ0n) is 15.1. The molecule has 0 saturated carbocycles. The van der Waals surface area contributed by atoms with Gasteiger partial charge in [-0.25, -0.2) is 8.96 Å². The monoisotopic (exact) mass is 593 g/mol. The van der Waals surface area contributed by atoms with E-state index in [2.05, 4.69) is 15.0 Å².